The van der Waals surface area contributed by atoms with Gasteiger partial charge in [0.2, 0.25) is 5.91 Å². The summed E-state index contributed by atoms with van der Waals surface area (Å²) in [6.45, 7) is 7.68. The third-order valence-electron chi connectivity index (χ3n) is 5.03. The van der Waals surface area contributed by atoms with Crippen LogP contribution in [0.3, 0.4) is 0 Å². The molecule has 0 fully saturated rings. The van der Waals surface area contributed by atoms with E-state index in [1.54, 1.807) is 16.2 Å². The van der Waals surface area contributed by atoms with Gasteiger partial charge in [-0.1, -0.05) is 45.0 Å². The largest absolute Gasteiger partial charge is 0.492 e. The van der Waals surface area contributed by atoms with Crippen molar-refractivity contribution in [1.82, 2.24) is 14.5 Å². The summed E-state index contributed by atoms with van der Waals surface area (Å²) in [5.74, 6) is 0.686. The normalized spacial score (nSPS) is 11.6. The summed E-state index contributed by atoms with van der Waals surface area (Å²) < 4.78 is 8.94. The van der Waals surface area contributed by atoms with Gasteiger partial charge in [0.25, 0.3) is 0 Å². The molecule has 0 aliphatic carbocycles. The van der Waals surface area contributed by atoms with E-state index in [4.69, 9.17) is 4.74 Å². The van der Waals surface area contributed by atoms with Gasteiger partial charge >= 0.3 is 5.69 Å². The minimum absolute atomic E-state index is 0.100. The number of amides is 1. The minimum atomic E-state index is -0.110. The van der Waals surface area contributed by atoms with Crippen LogP contribution in [0, 0.1) is 0 Å². The van der Waals surface area contributed by atoms with E-state index in [0.717, 1.165) is 16.8 Å². The van der Waals surface area contributed by atoms with Gasteiger partial charge in [0, 0.05) is 20.0 Å². The number of rotatable bonds is 7. The maximum absolute atomic E-state index is 12.4. The molecule has 0 aliphatic heterocycles. The van der Waals surface area contributed by atoms with Gasteiger partial charge < -0.3 is 10.1 Å². The predicted molar refractivity (Wildman–Crippen MR) is 115 cm³/mol. The Bertz CT molecular complexity index is 1040. The summed E-state index contributed by atoms with van der Waals surface area (Å²) in [4.78, 5) is 24.5. The van der Waals surface area contributed by atoms with E-state index in [2.05, 4.69) is 38.2 Å². The highest BCUT2D eigenvalue weighted by Gasteiger charge is 2.13. The van der Waals surface area contributed by atoms with Crippen LogP contribution in [0.5, 0.6) is 5.75 Å². The quantitative estimate of drug-likeness (QED) is 0.625. The molecule has 1 N–H and O–H groups in total. The Kier molecular flexibility index (Phi) is 6.11. The van der Waals surface area contributed by atoms with Crippen molar-refractivity contribution in [2.45, 2.75) is 39.2 Å². The molecule has 0 aliphatic rings. The van der Waals surface area contributed by atoms with Crippen molar-refractivity contribution in [1.29, 1.82) is 0 Å². The summed E-state index contributed by atoms with van der Waals surface area (Å²) in [6.07, 6.45) is 0.244. The summed E-state index contributed by atoms with van der Waals surface area (Å²) in [7, 11) is 1.74. The molecular formula is C23H29N3O3. The molecule has 6 nitrogen and oxygen atoms in total. The SMILES string of the molecule is Cn1c(=O)n(CCC(=O)NCCOc2ccc(C(C)(C)C)cc2)c2ccccc21. The Morgan fingerprint density at radius 2 is 1.69 bits per heavy atom. The fourth-order valence-electron chi connectivity index (χ4n) is 3.29. The molecule has 0 saturated carbocycles. The van der Waals surface area contributed by atoms with Gasteiger partial charge in [0.1, 0.15) is 12.4 Å². The molecule has 0 saturated heterocycles. The number of imidazole rings is 1. The van der Waals surface area contributed by atoms with Crippen LogP contribution in [-0.2, 0) is 23.8 Å². The van der Waals surface area contributed by atoms with E-state index in [0.29, 0.717) is 19.7 Å². The number of aryl methyl sites for hydroxylation is 2. The van der Waals surface area contributed by atoms with Crippen LogP contribution in [-0.4, -0.2) is 28.2 Å². The van der Waals surface area contributed by atoms with Crippen LogP contribution in [0.2, 0.25) is 0 Å². The molecule has 0 atom stereocenters. The third-order valence-corrected chi connectivity index (χ3v) is 5.03. The first-order valence-electron chi connectivity index (χ1n) is 9.91. The van der Waals surface area contributed by atoms with E-state index in [1.807, 2.05) is 36.4 Å². The fourth-order valence-corrected chi connectivity index (χ4v) is 3.29. The standard InChI is InChI=1S/C23H29N3O3/c1-23(2,3)17-9-11-18(12-10-17)29-16-14-24-21(27)13-15-26-20-8-6-5-7-19(20)25(4)22(26)28/h5-12H,13-16H2,1-4H3,(H,24,27). The Balaban J connectivity index is 1.45. The molecule has 0 unspecified atom stereocenters. The highest BCUT2D eigenvalue weighted by Crippen LogP contribution is 2.24. The lowest BCUT2D eigenvalue weighted by Crippen LogP contribution is -2.30. The lowest BCUT2D eigenvalue weighted by Gasteiger charge is -2.19. The molecule has 3 aromatic rings. The number of hydrogen-bond donors (Lipinski definition) is 1. The van der Waals surface area contributed by atoms with Gasteiger partial charge in [-0.15, -0.1) is 0 Å². The highest BCUT2D eigenvalue weighted by atomic mass is 16.5. The number of benzene rings is 2. The second-order valence-electron chi connectivity index (χ2n) is 8.20. The van der Waals surface area contributed by atoms with E-state index in [9.17, 15) is 9.59 Å². The molecule has 1 amide bonds. The number of para-hydroxylation sites is 2. The maximum atomic E-state index is 12.4. The molecule has 1 aromatic heterocycles. The van der Waals surface area contributed by atoms with Crippen molar-refractivity contribution < 1.29 is 9.53 Å². The predicted octanol–water partition coefficient (Wildman–Crippen LogP) is 3.22. The summed E-state index contributed by atoms with van der Waals surface area (Å²) >= 11 is 0. The van der Waals surface area contributed by atoms with Crippen LogP contribution >= 0.6 is 0 Å². The topological polar surface area (TPSA) is 65.3 Å². The average Bonchev–Trinajstić information content (AvgIpc) is 2.94. The second kappa shape index (κ2) is 8.55. The number of nitrogens with zero attached hydrogens (tertiary/aromatic N) is 2. The first kappa shape index (κ1) is 20.7. The van der Waals surface area contributed by atoms with Crippen LogP contribution in [0.15, 0.2) is 53.3 Å². The van der Waals surface area contributed by atoms with Gasteiger partial charge in [-0.2, -0.15) is 0 Å². The zero-order chi connectivity index (χ0) is 21.0. The highest BCUT2D eigenvalue weighted by molar-refractivity contribution is 5.77. The zero-order valence-electron chi connectivity index (χ0n) is 17.6. The molecule has 29 heavy (non-hydrogen) atoms. The minimum Gasteiger partial charge on any atom is -0.492 e. The van der Waals surface area contributed by atoms with Crippen molar-refractivity contribution in [2.24, 2.45) is 7.05 Å². The molecule has 2 aromatic carbocycles. The van der Waals surface area contributed by atoms with E-state index in [-0.39, 0.29) is 23.4 Å². The third kappa shape index (κ3) is 4.88. The molecular weight excluding hydrogens is 366 g/mol. The Hall–Kier alpha value is -3.02. The molecule has 154 valence electrons. The van der Waals surface area contributed by atoms with Crippen molar-refractivity contribution >= 4 is 16.9 Å². The van der Waals surface area contributed by atoms with Crippen LogP contribution < -0.4 is 15.7 Å². The summed E-state index contributed by atoms with van der Waals surface area (Å²) in [5, 5.41) is 2.85. The van der Waals surface area contributed by atoms with Crippen molar-refractivity contribution in [3.05, 3.63) is 64.6 Å². The van der Waals surface area contributed by atoms with Gasteiger partial charge in [0.05, 0.1) is 17.6 Å². The molecule has 0 radical (unpaired) electrons. The number of nitrogens with one attached hydrogen (secondary N) is 1. The van der Waals surface area contributed by atoms with E-state index < -0.39 is 0 Å². The molecule has 0 spiro atoms. The average molecular weight is 396 g/mol. The number of carbonyl (C=O) groups excluding carboxylic acids is 1. The molecule has 1 heterocycles. The van der Waals surface area contributed by atoms with Gasteiger partial charge in [-0.3, -0.25) is 13.9 Å². The first-order chi connectivity index (χ1) is 13.8. The molecule has 0 bridgehead atoms. The Morgan fingerprint density at radius 3 is 2.34 bits per heavy atom. The van der Waals surface area contributed by atoms with E-state index in [1.165, 1.54) is 5.56 Å². The zero-order valence-corrected chi connectivity index (χ0v) is 17.6. The second-order valence-corrected chi connectivity index (χ2v) is 8.20. The van der Waals surface area contributed by atoms with Crippen molar-refractivity contribution in [2.75, 3.05) is 13.2 Å². The van der Waals surface area contributed by atoms with E-state index >= 15 is 0 Å². The summed E-state index contributed by atoms with van der Waals surface area (Å²) in [5.41, 5.74) is 2.96. The van der Waals surface area contributed by atoms with Gasteiger partial charge in [-0.05, 0) is 35.2 Å². The first-order valence-corrected chi connectivity index (χ1v) is 9.91. The van der Waals surface area contributed by atoms with Crippen molar-refractivity contribution in [3.63, 3.8) is 0 Å². The van der Waals surface area contributed by atoms with Crippen LogP contribution in [0.4, 0.5) is 0 Å². The lowest BCUT2D eigenvalue weighted by molar-refractivity contribution is -0.121. The van der Waals surface area contributed by atoms with Gasteiger partial charge in [-0.25, -0.2) is 4.79 Å². The monoisotopic (exact) mass is 395 g/mol. The Morgan fingerprint density at radius 1 is 1.03 bits per heavy atom. The smallest absolute Gasteiger partial charge is 0.328 e. The Labute approximate surface area is 171 Å². The molecule has 3 rings (SSSR count). The number of carbonyl (C=O) groups is 1. The lowest BCUT2D eigenvalue weighted by atomic mass is 9.87. The van der Waals surface area contributed by atoms with Crippen LogP contribution in [0.1, 0.15) is 32.8 Å². The fraction of sp³-hybridized carbons (Fsp3) is 0.391. The molecule has 6 heteroatoms. The van der Waals surface area contributed by atoms with Crippen LogP contribution in [0.25, 0.3) is 11.0 Å². The number of ether oxygens (including phenoxy) is 1. The maximum Gasteiger partial charge on any atom is 0.328 e. The summed E-state index contributed by atoms with van der Waals surface area (Å²) in [6, 6.07) is 15.6. The number of hydrogen-bond acceptors (Lipinski definition) is 3. The van der Waals surface area contributed by atoms with Gasteiger partial charge in [0.15, 0.2) is 0 Å². The number of fused-ring (bicyclic) bond motifs is 1. The van der Waals surface area contributed by atoms with Crippen molar-refractivity contribution in [3.8, 4) is 5.75 Å². The number of aromatic nitrogens is 2.